The summed E-state index contributed by atoms with van der Waals surface area (Å²) in [5.41, 5.74) is 0.910. The lowest BCUT2D eigenvalue weighted by Crippen LogP contribution is -2.30. The first-order chi connectivity index (χ1) is 7.66. The highest BCUT2D eigenvalue weighted by Crippen LogP contribution is 2.21. The van der Waals surface area contributed by atoms with Gasteiger partial charge in [-0.05, 0) is 5.56 Å². The standard InChI is InChI=1S/C12H16O4/c1-9(10-5-3-2-4-6-10)11(12(14)15)16-8-7-13/h2-6,9,11,13H,7-8H2,1H3,(H,14,15). The lowest BCUT2D eigenvalue weighted by atomic mass is 9.95. The van der Waals surface area contributed by atoms with Crippen molar-refractivity contribution in [1.82, 2.24) is 0 Å². The first kappa shape index (κ1) is 12.7. The Morgan fingerprint density at radius 2 is 2.00 bits per heavy atom. The van der Waals surface area contributed by atoms with E-state index in [4.69, 9.17) is 14.9 Å². The molecule has 0 heterocycles. The highest BCUT2D eigenvalue weighted by atomic mass is 16.5. The van der Waals surface area contributed by atoms with Crippen LogP contribution in [0, 0.1) is 0 Å². The summed E-state index contributed by atoms with van der Waals surface area (Å²) in [6.45, 7) is 1.66. The quantitative estimate of drug-likeness (QED) is 0.763. The summed E-state index contributed by atoms with van der Waals surface area (Å²) >= 11 is 0. The third-order valence-electron chi connectivity index (χ3n) is 2.41. The monoisotopic (exact) mass is 224 g/mol. The van der Waals surface area contributed by atoms with Gasteiger partial charge in [0, 0.05) is 5.92 Å². The summed E-state index contributed by atoms with van der Waals surface area (Å²) in [6.07, 6.45) is -0.922. The number of aliphatic hydroxyl groups is 1. The van der Waals surface area contributed by atoms with Crippen molar-refractivity contribution in [1.29, 1.82) is 0 Å². The van der Waals surface area contributed by atoms with E-state index in [9.17, 15) is 4.79 Å². The predicted molar refractivity (Wildman–Crippen MR) is 59.3 cm³/mol. The molecule has 0 amide bonds. The van der Waals surface area contributed by atoms with Gasteiger partial charge < -0.3 is 14.9 Å². The molecule has 0 aliphatic heterocycles. The molecule has 16 heavy (non-hydrogen) atoms. The molecular formula is C12H16O4. The van der Waals surface area contributed by atoms with Crippen molar-refractivity contribution in [2.45, 2.75) is 18.9 Å². The first-order valence-electron chi connectivity index (χ1n) is 5.17. The number of benzene rings is 1. The number of aliphatic hydroxyl groups excluding tert-OH is 1. The van der Waals surface area contributed by atoms with Crippen LogP contribution < -0.4 is 0 Å². The van der Waals surface area contributed by atoms with Gasteiger partial charge in [0.15, 0.2) is 6.10 Å². The van der Waals surface area contributed by atoms with E-state index in [1.54, 1.807) is 6.92 Å². The second-order valence-electron chi connectivity index (χ2n) is 3.55. The van der Waals surface area contributed by atoms with Gasteiger partial charge in [-0.25, -0.2) is 4.79 Å². The number of rotatable bonds is 6. The highest BCUT2D eigenvalue weighted by Gasteiger charge is 2.26. The van der Waals surface area contributed by atoms with Gasteiger partial charge in [0.1, 0.15) is 0 Å². The summed E-state index contributed by atoms with van der Waals surface area (Å²) in [5.74, 6) is -1.25. The van der Waals surface area contributed by atoms with Gasteiger partial charge in [-0.2, -0.15) is 0 Å². The Balaban J connectivity index is 2.75. The largest absolute Gasteiger partial charge is 0.479 e. The molecule has 2 unspecified atom stereocenters. The molecule has 0 bridgehead atoms. The Morgan fingerprint density at radius 1 is 1.38 bits per heavy atom. The molecule has 1 aromatic carbocycles. The predicted octanol–water partition coefficient (Wildman–Crippen LogP) is 1.25. The van der Waals surface area contributed by atoms with Gasteiger partial charge in [0.05, 0.1) is 13.2 Å². The van der Waals surface area contributed by atoms with Crippen molar-refractivity contribution in [2.75, 3.05) is 13.2 Å². The minimum atomic E-state index is -1.01. The van der Waals surface area contributed by atoms with Crippen LogP contribution in [0.15, 0.2) is 30.3 Å². The molecule has 2 N–H and O–H groups in total. The molecule has 1 aromatic rings. The molecule has 0 radical (unpaired) electrons. The molecule has 4 heteroatoms. The lowest BCUT2D eigenvalue weighted by Gasteiger charge is -2.20. The maximum atomic E-state index is 11.0. The molecule has 1 rings (SSSR count). The number of ether oxygens (including phenoxy) is 1. The SMILES string of the molecule is CC(c1ccccc1)C(OCCO)C(=O)O. The van der Waals surface area contributed by atoms with Crippen molar-refractivity contribution < 1.29 is 19.7 Å². The third kappa shape index (κ3) is 3.32. The van der Waals surface area contributed by atoms with E-state index in [1.165, 1.54) is 0 Å². The summed E-state index contributed by atoms with van der Waals surface area (Å²) < 4.78 is 5.12. The van der Waals surface area contributed by atoms with Crippen LogP contribution in [0.1, 0.15) is 18.4 Å². The van der Waals surface area contributed by atoms with Crippen molar-refractivity contribution in [3.05, 3.63) is 35.9 Å². The second kappa shape index (κ2) is 6.25. The minimum Gasteiger partial charge on any atom is -0.479 e. The second-order valence-corrected chi connectivity index (χ2v) is 3.55. The molecule has 0 fully saturated rings. The fourth-order valence-corrected chi connectivity index (χ4v) is 1.54. The molecule has 0 saturated heterocycles. The van der Waals surface area contributed by atoms with Crippen LogP contribution in [-0.2, 0) is 9.53 Å². The van der Waals surface area contributed by atoms with Gasteiger partial charge in [-0.15, -0.1) is 0 Å². The molecule has 88 valence electrons. The van der Waals surface area contributed by atoms with E-state index >= 15 is 0 Å². The van der Waals surface area contributed by atoms with Crippen LogP contribution in [0.3, 0.4) is 0 Å². The van der Waals surface area contributed by atoms with Gasteiger partial charge >= 0.3 is 5.97 Å². The topological polar surface area (TPSA) is 66.8 Å². The lowest BCUT2D eigenvalue weighted by molar-refractivity contribution is -0.152. The summed E-state index contributed by atoms with van der Waals surface area (Å²) in [6, 6.07) is 9.32. The highest BCUT2D eigenvalue weighted by molar-refractivity contribution is 5.73. The molecular weight excluding hydrogens is 208 g/mol. The van der Waals surface area contributed by atoms with Crippen LogP contribution >= 0.6 is 0 Å². The molecule has 4 nitrogen and oxygen atoms in total. The Hall–Kier alpha value is -1.39. The molecule has 2 atom stereocenters. The fraction of sp³-hybridized carbons (Fsp3) is 0.417. The van der Waals surface area contributed by atoms with Crippen molar-refractivity contribution >= 4 is 5.97 Å². The zero-order valence-corrected chi connectivity index (χ0v) is 9.17. The van der Waals surface area contributed by atoms with Crippen LogP contribution in [-0.4, -0.2) is 35.5 Å². The van der Waals surface area contributed by atoms with Crippen LogP contribution in [0.4, 0.5) is 0 Å². The smallest absolute Gasteiger partial charge is 0.333 e. The number of aliphatic carboxylic acids is 1. The van der Waals surface area contributed by atoms with Crippen molar-refractivity contribution in [3.8, 4) is 0 Å². The molecule has 0 spiro atoms. The zero-order chi connectivity index (χ0) is 12.0. The molecule has 0 aromatic heterocycles. The average Bonchev–Trinajstić information content (AvgIpc) is 2.30. The first-order valence-corrected chi connectivity index (χ1v) is 5.17. The van der Waals surface area contributed by atoms with Crippen LogP contribution in [0.5, 0.6) is 0 Å². The van der Waals surface area contributed by atoms with E-state index in [0.29, 0.717) is 0 Å². The Bertz CT molecular complexity index is 323. The number of carbonyl (C=O) groups is 1. The Labute approximate surface area is 94.5 Å². The van der Waals surface area contributed by atoms with Crippen molar-refractivity contribution in [3.63, 3.8) is 0 Å². The van der Waals surface area contributed by atoms with Crippen molar-refractivity contribution in [2.24, 2.45) is 0 Å². The van der Waals surface area contributed by atoms with Gasteiger partial charge in [0.25, 0.3) is 0 Å². The number of hydrogen-bond acceptors (Lipinski definition) is 3. The average molecular weight is 224 g/mol. The van der Waals surface area contributed by atoms with E-state index in [0.717, 1.165) is 5.56 Å². The van der Waals surface area contributed by atoms with E-state index < -0.39 is 12.1 Å². The van der Waals surface area contributed by atoms with E-state index in [2.05, 4.69) is 0 Å². The fourth-order valence-electron chi connectivity index (χ4n) is 1.54. The maximum Gasteiger partial charge on any atom is 0.333 e. The van der Waals surface area contributed by atoms with Gasteiger partial charge in [-0.1, -0.05) is 37.3 Å². The summed E-state index contributed by atoms with van der Waals surface area (Å²) in [5, 5.41) is 17.7. The number of carboxylic acid groups (broad SMARTS) is 1. The normalized spacial score (nSPS) is 14.4. The molecule has 0 saturated carbocycles. The maximum absolute atomic E-state index is 11.0. The summed E-state index contributed by atoms with van der Waals surface area (Å²) in [4.78, 5) is 11.0. The molecule has 0 aliphatic rings. The van der Waals surface area contributed by atoms with E-state index in [-0.39, 0.29) is 19.1 Å². The number of hydrogen-bond donors (Lipinski definition) is 2. The molecule has 0 aliphatic carbocycles. The Kier molecular flexibility index (Phi) is 4.95. The Morgan fingerprint density at radius 3 is 2.50 bits per heavy atom. The minimum absolute atomic E-state index is 0.0359. The van der Waals surface area contributed by atoms with Crippen LogP contribution in [0.2, 0.25) is 0 Å². The zero-order valence-electron chi connectivity index (χ0n) is 9.17. The van der Waals surface area contributed by atoms with Crippen LogP contribution in [0.25, 0.3) is 0 Å². The summed E-state index contributed by atoms with van der Waals surface area (Å²) in [7, 11) is 0. The number of carboxylic acids is 1. The third-order valence-corrected chi connectivity index (χ3v) is 2.41. The van der Waals surface area contributed by atoms with Gasteiger partial charge in [0.2, 0.25) is 0 Å². The van der Waals surface area contributed by atoms with Gasteiger partial charge in [-0.3, -0.25) is 0 Å². The van der Waals surface area contributed by atoms with E-state index in [1.807, 2.05) is 30.3 Å².